The molecule has 2 rings (SSSR count). The predicted molar refractivity (Wildman–Crippen MR) is 87.8 cm³/mol. The van der Waals surface area contributed by atoms with Crippen LogP contribution in [0, 0.1) is 0 Å². The summed E-state index contributed by atoms with van der Waals surface area (Å²) >= 11 is 0. The summed E-state index contributed by atoms with van der Waals surface area (Å²) in [6.45, 7) is 8.80. The van der Waals surface area contributed by atoms with Crippen molar-refractivity contribution in [1.29, 1.82) is 0 Å². The molecule has 1 unspecified atom stereocenters. The maximum Gasteiger partial charge on any atom is 0.243 e. The molecule has 23 heavy (non-hydrogen) atoms. The van der Waals surface area contributed by atoms with Crippen molar-refractivity contribution in [2.75, 3.05) is 14.2 Å². The molecule has 1 aromatic heterocycles. The van der Waals surface area contributed by atoms with Crippen LogP contribution in [0.4, 0.5) is 0 Å². The molecule has 0 aliphatic heterocycles. The van der Waals surface area contributed by atoms with Crippen molar-refractivity contribution >= 4 is 0 Å². The van der Waals surface area contributed by atoms with Gasteiger partial charge < -0.3 is 19.3 Å². The summed E-state index contributed by atoms with van der Waals surface area (Å²) in [6, 6.07) is 5.71. The van der Waals surface area contributed by atoms with E-state index in [1.54, 1.807) is 14.2 Å². The molecule has 126 valence electrons. The number of benzene rings is 1. The average molecular weight is 319 g/mol. The molecule has 1 N–H and O–H groups in total. The zero-order chi connectivity index (χ0) is 17.0. The number of ether oxygens (including phenoxy) is 2. The van der Waals surface area contributed by atoms with Crippen molar-refractivity contribution < 1.29 is 14.0 Å². The van der Waals surface area contributed by atoms with Gasteiger partial charge in [0.25, 0.3) is 0 Å². The van der Waals surface area contributed by atoms with Gasteiger partial charge in [-0.15, -0.1) is 0 Å². The van der Waals surface area contributed by atoms with Crippen LogP contribution < -0.4 is 14.8 Å². The molecule has 0 fully saturated rings. The van der Waals surface area contributed by atoms with Gasteiger partial charge in [0, 0.05) is 23.6 Å². The fraction of sp³-hybridized carbons (Fsp3) is 0.529. The van der Waals surface area contributed by atoms with Gasteiger partial charge in [-0.25, -0.2) is 0 Å². The highest BCUT2D eigenvalue weighted by molar-refractivity contribution is 5.40. The third kappa shape index (κ3) is 4.22. The number of hydrogen-bond donors (Lipinski definition) is 1. The van der Waals surface area contributed by atoms with E-state index < -0.39 is 0 Å². The summed E-state index contributed by atoms with van der Waals surface area (Å²) in [5.41, 5.74) is 0.913. The molecule has 0 amide bonds. The highest BCUT2D eigenvalue weighted by Gasteiger charge is 2.23. The Bertz CT molecular complexity index is 647. The van der Waals surface area contributed by atoms with Gasteiger partial charge in [0.15, 0.2) is 5.82 Å². The summed E-state index contributed by atoms with van der Waals surface area (Å²) < 4.78 is 16.0. The molecule has 0 aliphatic rings. The second-order valence-corrected chi connectivity index (χ2v) is 6.49. The molecule has 0 saturated carbocycles. The van der Waals surface area contributed by atoms with E-state index in [1.165, 1.54) is 0 Å². The van der Waals surface area contributed by atoms with Crippen LogP contribution in [0.25, 0.3) is 0 Å². The first-order chi connectivity index (χ1) is 10.8. The van der Waals surface area contributed by atoms with Crippen molar-refractivity contribution in [3.63, 3.8) is 0 Å². The second-order valence-electron chi connectivity index (χ2n) is 6.49. The summed E-state index contributed by atoms with van der Waals surface area (Å²) in [5.74, 6) is 2.85. The summed E-state index contributed by atoms with van der Waals surface area (Å²) in [6.07, 6.45) is 0. The van der Waals surface area contributed by atoms with Crippen LogP contribution >= 0.6 is 0 Å². The Balaban J connectivity index is 2.04. The van der Waals surface area contributed by atoms with E-state index in [0.29, 0.717) is 18.3 Å². The Labute approximate surface area is 137 Å². The first-order valence-electron chi connectivity index (χ1n) is 7.63. The molecule has 2 aromatic rings. The van der Waals surface area contributed by atoms with Crippen molar-refractivity contribution in [2.24, 2.45) is 0 Å². The summed E-state index contributed by atoms with van der Waals surface area (Å²) in [7, 11) is 3.28. The van der Waals surface area contributed by atoms with Gasteiger partial charge >= 0.3 is 0 Å². The number of nitrogens with zero attached hydrogens (tertiary/aromatic N) is 2. The third-order valence-electron chi connectivity index (χ3n) is 3.58. The highest BCUT2D eigenvalue weighted by atomic mass is 16.5. The smallest absolute Gasteiger partial charge is 0.243 e. The minimum absolute atomic E-state index is 0.0505. The van der Waals surface area contributed by atoms with E-state index in [9.17, 15) is 0 Å². The van der Waals surface area contributed by atoms with Crippen LogP contribution in [0.3, 0.4) is 0 Å². The van der Waals surface area contributed by atoms with Gasteiger partial charge in [0.2, 0.25) is 5.89 Å². The minimum atomic E-state index is -0.124. The number of methoxy groups -OCH3 is 2. The molecule has 6 nitrogen and oxygen atoms in total. The number of hydrogen-bond acceptors (Lipinski definition) is 6. The van der Waals surface area contributed by atoms with Crippen molar-refractivity contribution in [3.05, 3.63) is 35.5 Å². The monoisotopic (exact) mass is 319 g/mol. The zero-order valence-electron chi connectivity index (χ0n) is 14.6. The zero-order valence-corrected chi connectivity index (χ0v) is 14.6. The fourth-order valence-electron chi connectivity index (χ4n) is 2.06. The first-order valence-corrected chi connectivity index (χ1v) is 7.63. The molecule has 6 heteroatoms. The van der Waals surface area contributed by atoms with Crippen LogP contribution in [0.2, 0.25) is 0 Å². The molecule has 0 spiro atoms. The standard InChI is InChI=1S/C17H25N3O3/c1-11(15-19-16(20-23-15)17(2,3)4)18-10-12-7-8-13(21-5)9-14(12)22-6/h7-9,11,18H,10H2,1-6H3. The maximum atomic E-state index is 5.40. The van der Waals surface area contributed by atoms with Gasteiger partial charge in [-0.05, 0) is 13.0 Å². The second kappa shape index (κ2) is 7.00. The van der Waals surface area contributed by atoms with Crippen LogP contribution in [0.1, 0.15) is 51.0 Å². The fourth-order valence-corrected chi connectivity index (χ4v) is 2.06. The Morgan fingerprint density at radius 1 is 1.22 bits per heavy atom. The molecule has 0 radical (unpaired) electrons. The van der Waals surface area contributed by atoms with Gasteiger partial charge in [0.05, 0.1) is 20.3 Å². The average Bonchev–Trinajstić information content (AvgIpc) is 3.02. The quantitative estimate of drug-likeness (QED) is 0.881. The van der Waals surface area contributed by atoms with Gasteiger partial charge in [-0.2, -0.15) is 4.98 Å². The van der Waals surface area contributed by atoms with Crippen LogP contribution in [-0.2, 0) is 12.0 Å². The molecule has 1 aromatic carbocycles. The predicted octanol–water partition coefficient (Wildman–Crippen LogP) is 3.24. The van der Waals surface area contributed by atoms with E-state index in [-0.39, 0.29) is 11.5 Å². The maximum absolute atomic E-state index is 5.40. The minimum Gasteiger partial charge on any atom is -0.497 e. The van der Waals surface area contributed by atoms with Crippen molar-refractivity contribution in [2.45, 2.75) is 45.7 Å². The molecule has 0 bridgehead atoms. The Hall–Kier alpha value is -2.08. The lowest BCUT2D eigenvalue weighted by Crippen LogP contribution is -2.19. The number of rotatable bonds is 6. The Morgan fingerprint density at radius 2 is 1.96 bits per heavy atom. The van der Waals surface area contributed by atoms with Crippen LogP contribution in [-0.4, -0.2) is 24.4 Å². The summed E-state index contributed by atoms with van der Waals surface area (Å²) in [4.78, 5) is 4.47. The Kier molecular flexibility index (Phi) is 5.26. The molecule has 0 aliphatic carbocycles. The number of nitrogens with one attached hydrogen (secondary N) is 1. The number of aromatic nitrogens is 2. The van der Waals surface area contributed by atoms with E-state index in [2.05, 4.69) is 36.2 Å². The van der Waals surface area contributed by atoms with Crippen molar-refractivity contribution in [3.8, 4) is 11.5 Å². The lowest BCUT2D eigenvalue weighted by molar-refractivity contribution is 0.329. The molecule has 0 saturated heterocycles. The molecule has 1 heterocycles. The Morgan fingerprint density at radius 3 is 2.52 bits per heavy atom. The summed E-state index contributed by atoms with van der Waals surface area (Å²) in [5, 5.41) is 7.43. The van der Waals surface area contributed by atoms with Gasteiger partial charge in [-0.1, -0.05) is 32.0 Å². The molecule has 1 atom stereocenters. The van der Waals surface area contributed by atoms with Crippen LogP contribution in [0.5, 0.6) is 11.5 Å². The van der Waals surface area contributed by atoms with E-state index in [0.717, 1.165) is 17.1 Å². The normalized spacial score (nSPS) is 13.0. The van der Waals surface area contributed by atoms with E-state index in [4.69, 9.17) is 14.0 Å². The topological polar surface area (TPSA) is 69.4 Å². The SMILES string of the molecule is COc1ccc(CNC(C)c2nc(C(C)(C)C)no2)c(OC)c1. The van der Waals surface area contributed by atoms with Crippen LogP contribution in [0.15, 0.2) is 22.7 Å². The third-order valence-corrected chi connectivity index (χ3v) is 3.58. The van der Waals surface area contributed by atoms with Gasteiger partial charge in [-0.3, -0.25) is 0 Å². The molecular weight excluding hydrogens is 294 g/mol. The lowest BCUT2D eigenvalue weighted by Gasteiger charge is -2.14. The van der Waals surface area contributed by atoms with Crippen molar-refractivity contribution in [1.82, 2.24) is 15.5 Å². The largest absolute Gasteiger partial charge is 0.497 e. The first kappa shape index (κ1) is 17.3. The highest BCUT2D eigenvalue weighted by Crippen LogP contribution is 2.25. The van der Waals surface area contributed by atoms with E-state index >= 15 is 0 Å². The van der Waals surface area contributed by atoms with E-state index in [1.807, 2.05) is 25.1 Å². The molecular formula is C17H25N3O3. The van der Waals surface area contributed by atoms with Gasteiger partial charge in [0.1, 0.15) is 11.5 Å². The lowest BCUT2D eigenvalue weighted by atomic mass is 9.96.